The van der Waals surface area contributed by atoms with E-state index in [0.29, 0.717) is 5.57 Å². The second kappa shape index (κ2) is 2.83. The zero-order valence-electron chi connectivity index (χ0n) is 9.07. The highest BCUT2D eigenvalue weighted by molar-refractivity contribution is 6.29. The van der Waals surface area contributed by atoms with Gasteiger partial charge in [0.05, 0.1) is 11.3 Å². The van der Waals surface area contributed by atoms with Gasteiger partial charge in [-0.2, -0.15) is 5.26 Å². The van der Waals surface area contributed by atoms with Crippen molar-refractivity contribution in [3.05, 3.63) is 58.3 Å². The van der Waals surface area contributed by atoms with Crippen molar-refractivity contribution in [2.45, 2.75) is 6.42 Å². The summed E-state index contributed by atoms with van der Waals surface area (Å²) in [6.07, 6.45) is 6.90. The standard InChI is InChI=1S/C15H8N2/c16-7-10-8-17-15-12-6-2-4-9-3-1-5-11(13(9)12)14(10)15/h1-4,6,8H,5H2. The SMILES string of the molecule is N#CC1=CN=C2C1=C1CC=Cc3cccc2c31. The highest BCUT2D eigenvalue weighted by atomic mass is 14.8. The fourth-order valence-corrected chi connectivity index (χ4v) is 2.86. The normalized spacial score (nSPS) is 18.5. The van der Waals surface area contributed by atoms with Crippen molar-refractivity contribution < 1.29 is 0 Å². The maximum atomic E-state index is 9.15. The summed E-state index contributed by atoms with van der Waals surface area (Å²) >= 11 is 0. The molecule has 1 heterocycles. The van der Waals surface area contributed by atoms with Crippen LogP contribution in [0.25, 0.3) is 11.6 Å². The second-order valence-electron chi connectivity index (χ2n) is 4.36. The van der Waals surface area contributed by atoms with E-state index in [1.807, 2.05) is 0 Å². The molecule has 0 unspecified atom stereocenters. The first-order valence-electron chi connectivity index (χ1n) is 5.62. The molecular weight excluding hydrogens is 208 g/mol. The van der Waals surface area contributed by atoms with Gasteiger partial charge in [-0.25, -0.2) is 0 Å². The van der Waals surface area contributed by atoms with Crippen LogP contribution in [0.4, 0.5) is 0 Å². The summed E-state index contributed by atoms with van der Waals surface area (Å²) in [6, 6.07) is 8.51. The predicted molar refractivity (Wildman–Crippen MR) is 67.2 cm³/mol. The average molecular weight is 216 g/mol. The topological polar surface area (TPSA) is 36.1 Å². The van der Waals surface area contributed by atoms with E-state index in [0.717, 1.165) is 17.7 Å². The van der Waals surface area contributed by atoms with Gasteiger partial charge in [0.15, 0.2) is 0 Å². The molecule has 2 heteroatoms. The Kier molecular flexibility index (Phi) is 1.45. The van der Waals surface area contributed by atoms with E-state index in [-0.39, 0.29) is 0 Å². The Morgan fingerprint density at radius 2 is 2.24 bits per heavy atom. The molecule has 1 aliphatic heterocycles. The van der Waals surface area contributed by atoms with Gasteiger partial charge in [-0.3, -0.25) is 4.99 Å². The number of hydrogen-bond acceptors (Lipinski definition) is 2. The molecule has 78 valence electrons. The largest absolute Gasteiger partial charge is 0.254 e. The Labute approximate surface area is 98.9 Å². The van der Waals surface area contributed by atoms with Crippen molar-refractivity contribution in [2.24, 2.45) is 4.99 Å². The summed E-state index contributed by atoms with van der Waals surface area (Å²) in [6.45, 7) is 0. The van der Waals surface area contributed by atoms with Crippen molar-refractivity contribution >= 4 is 17.4 Å². The monoisotopic (exact) mass is 216 g/mol. The quantitative estimate of drug-likeness (QED) is 0.656. The fourth-order valence-electron chi connectivity index (χ4n) is 2.86. The molecule has 0 radical (unpaired) electrons. The molecule has 17 heavy (non-hydrogen) atoms. The van der Waals surface area contributed by atoms with Crippen molar-refractivity contribution in [2.75, 3.05) is 0 Å². The molecule has 0 saturated carbocycles. The maximum absolute atomic E-state index is 9.15. The van der Waals surface area contributed by atoms with Gasteiger partial charge >= 0.3 is 0 Å². The van der Waals surface area contributed by atoms with Crippen molar-refractivity contribution in [3.8, 4) is 6.07 Å². The number of aliphatic imine (C=N–C) groups is 1. The minimum Gasteiger partial charge on any atom is -0.254 e. The maximum Gasteiger partial charge on any atom is 0.101 e. The number of rotatable bonds is 0. The molecule has 0 fully saturated rings. The molecule has 2 nitrogen and oxygen atoms in total. The van der Waals surface area contributed by atoms with Crippen LogP contribution in [0.1, 0.15) is 23.1 Å². The van der Waals surface area contributed by atoms with Gasteiger partial charge < -0.3 is 0 Å². The van der Waals surface area contributed by atoms with Gasteiger partial charge in [0, 0.05) is 17.3 Å². The Balaban J connectivity index is 2.12. The van der Waals surface area contributed by atoms with Gasteiger partial charge in [0.25, 0.3) is 0 Å². The molecule has 0 spiro atoms. The minimum atomic E-state index is 0.701. The number of benzene rings is 1. The van der Waals surface area contributed by atoms with E-state index in [9.17, 15) is 0 Å². The van der Waals surface area contributed by atoms with E-state index in [2.05, 4.69) is 41.4 Å². The van der Waals surface area contributed by atoms with E-state index < -0.39 is 0 Å². The lowest BCUT2D eigenvalue weighted by atomic mass is 9.91. The van der Waals surface area contributed by atoms with Crippen LogP contribution in [-0.2, 0) is 0 Å². The number of allylic oxidation sites excluding steroid dienone is 4. The molecular formula is C15H8N2. The van der Waals surface area contributed by atoms with Crippen molar-refractivity contribution in [1.82, 2.24) is 0 Å². The molecule has 2 aliphatic carbocycles. The second-order valence-corrected chi connectivity index (χ2v) is 4.36. The van der Waals surface area contributed by atoms with E-state index >= 15 is 0 Å². The molecule has 0 bridgehead atoms. The first kappa shape index (κ1) is 8.72. The summed E-state index contributed by atoms with van der Waals surface area (Å²) in [5.41, 5.74) is 7.71. The number of nitriles is 1. The smallest absolute Gasteiger partial charge is 0.101 e. The molecule has 0 aromatic heterocycles. The van der Waals surface area contributed by atoms with Crippen LogP contribution in [0.3, 0.4) is 0 Å². The van der Waals surface area contributed by atoms with Crippen LogP contribution in [0, 0.1) is 11.3 Å². The molecule has 1 aromatic rings. The molecule has 4 rings (SSSR count). The summed E-state index contributed by atoms with van der Waals surface area (Å²) in [5, 5.41) is 9.15. The number of fused-ring (bicyclic) bond motifs is 2. The zero-order chi connectivity index (χ0) is 11.4. The summed E-state index contributed by atoms with van der Waals surface area (Å²) in [7, 11) is 0. The Hall–Kier alpha value is -2.40. The van der Waals surface area contributed by atoms with Crippen LogP contribution >= 0.6 is 0 Å². The van der Waals surface area contributed by atoms with Crippen LogP contribution in [-0.4, -0.2) is 5.71 Å². The zero-order valence-corrected chi connectivity index (χ0v) is 9.07. The third-order valence-electron chi connectivity index (χ3n) is 3.52. The average Bonchev–Trinajstić information content (AvgIpc) is 2.92. The molecule has 0 saturated heterocycles. The fraction of sp³-hybridized carbons (Fsp3) is 0.0667. The number of nitrogens with zero attached hydrogens (tertiary/aromatic N) is 2. The first-order valence-corrected chi connectivity index (χ1v) is 5.62. The molecule has 3 aliphatic rings. The van der Waals surface area contributed by atoms with Gasteiger partial charge in [0.2, 0.25) is 0 Å². The lowest BCUT2D eigenvalue weighted by Gasteiger charge is -2.12. The van der Waals surface area contributed by atoms with E-state index in [1.165, 1.54) is 22.3 Å². The summed E-state index contributed by atoms with van der Waals surface area (Å²) in [5.74, 6) is 0. The van der Waals surface area contributed by atoms with Gasteiger partial charge in [-0.15, -0.1) is 0 Å². The van der Waals surface area contributed by atoms with Crippen LogP contribution in [0.15, 0.2) is 46.6 Å². The highest BCUT2D eigenvalue weighted by Gasteiger charge is 2.33. The van der Waals surface area contributed by atoms with Gasteiger partial charge in [0.1, 0.15) is 6.07 Å². The third kappa shape index (κ3) is 0.920. The predicted octanol–water partition coefficient (Wildman–Crippen LogP) is 3.08. The van der Waals surface area contributed by atoms with E-state index in [4.69, 9.17) is 5.26 Å². The Bertz CT molecular complexity index is 722. The van der Waals surface area contributed by atoms with E-state index in [1.54, 1.807) is 6.20 Å². The lowest BCUT2D eigenvalue weighted by molar-refractivity contribution is 1.35. The molecule has 0 N–H and O–H groups in total. The highest BCUT2D eigenvalue weighted by Crippen LogP contribution is 2.45. The van der Waals surface area contributed by atoms with Crippen molar-refractivity contribution in [1.29, 1.82) is 5.26 Å². The van der Waals surface area contributed by atoms with Gasteiger partial charge in [-0.05, 0) is 23.1 Å². The van der Waals surface area contributed by atoms with Crippen LogP contribution in [0.5, 0.6) is 0 Å². The number of hydrogen-bond donors (Lipinski definition) is 0. The lowest BCUT2D eigenvalue weighted by Crippen LogP contribution is -1.97. The molecule has 1 aromatic carbocycles. The van der Waals surface area contributed by atoms with Crippen LogP contribution < -0.4 is 0 Å². The summed E-state index contributed by atoms with van der Waals surface area (Å²) < 4.78 is 0. The van der Waals surface area contributed by atoms with Crippen LogP contribution in [0.2, 0.25) is 0 Å². The molecule has 0 amide bonds. The Morgan fingerprint density at radius 1 is 1.29 bits per heavy atom. The third-order valence-corrected chi connectivity index (χ3v) is 3.52. The Morgan fingerprint density at radius 3 is 3.12 bits per heavy atom. The minimum absolute atomic E-state index is 0.701. The molecule has 0 atom stereocenters. The van der Waals surface area contributed by atoms with Crippen molar-refractivity contribution in [3.63, 3.8) is 0 Å². The first-order chi connectivity index (χ1) is 8.40. The summed E-state index contributed by atoms with van der Waals surface area (Å²) in [4.78, 5) is 4.40. The van der Waals surface area contributed by atoms with Gasteiger partial charge in [-0.1, -0.05) is 30.4 Å².